The summed E-state index contributed by atoms with van der Waals surface area (Å²) in [5, 5.41) is 8.88. The number of carbonyl (C=O) groups is 5. The molecule has 0 spiro atoms. The Morgan fingerprint density at radius 3 is 1.38 bits per heavy atom. The Bertz CT molecular complexity index is 2350. The summed E-state index contributed by atoms with van der Waals surface area (Å²) in [6, 6.07) is 21.1. The number of carbonyl (C=O) groups excluding carboxylic acids is 5. The Morgan fingerprint density at radius 1 is 0.528 bits per heavy atom. The zero-order chi connectivity index (χ0) is 36.8. The monoisotopic (exact) mass is 706 g/mol. The molecular formula is C44H42N4O5. The second kappa shape index (κ2) is 14.0. The van der Waals surface area contributed by atoms with Crippen molar-refractivity contribution in [1.82, 2.24) is 10.2 Å². The van der Waals surface area contributed by atoms with Gasteiger partial charge in [0, 0.05) is 46.1 Å². The molecule has 2 heterocycles. The molecule has 0 saturated heterocycles. The molecule has 0 unspecified atom stereocenters. The third kappa shape index (κ3) is 5.75. The number of hydrogen-bond acceptors (Lipinski definition) is 5. The summed E-state index contributed by atoms with van der Waals surface area (Å²) in [7, 11) is 0. The highest BCUT2D eigenvalue weighted by atomic mass is 16.2. The van der Waals surface area contributed by atoms with Crippen LogP contribution in [0.25, 0.3) is 43.1 Å². The van der Waals surface area contributed by atoms with Crippen molar-refractivity contribution in [3.05, 3.63) is 101 Å². The molecule has 0 bridgehead atoms. The fourth-order valence-electron chi connectivity index (χ4n) is 8.46. The molecule has 6 aromatic rings. The molecule has 0 fully saturated rings. The average Bonchev–Trinajstić information content (AvgIpc) is 3.16. The fraction of sp³-hybridized carbons (Fsp3) is 0.295. The number of amides is 6. The fourth-order valence-corrected chi connectivity index (χ4v) is 8.46. The Morgan fingerprint density at radius 2 is 0.943 bits per heavy atom. The van der Waals surface area contributed by atoms with Gasteiger partial charge in [-0.2, -0.15) is 0 Å². The van der Waals surface area contributed by atoms with Crippen molar-refractivity contribution >= 4 is 78.4 Å². The number of imide groups is 2. The molecule has 0 aromatic heterocycles. The number of hydrogen-bond donors (Lipinski definition) is 2. The predicted molar refractivity (Wildman–Crippen MR) is 209 cm³/mol. The molecule has 0 aliphatic carbocycles. The zero-order valence-electron chi connectivity index (χ0n) is 29.9. The summed E-state index contributed by atoms with van der Waals surface area (Å²) in [6.45, 7) is 2.86. The predicted octanol–water partition coefficient (Wildman–Crippen LogP) is 9.22. The van der Waals surface area contributed by atoms with Crippen molar-refractivity contribution in [2.45, 2.75) is 77.7 Å². The van der Waals surface area contributed by atoms with E-state index in [9.17, 15) is 24.0 Å². The minimum Gasteiger partial charge on any atom is -0.352 e. The van der Waals surface area contributed by atoms with E-state index in [0.717, 1.165) is 57.1 Å². The van der Waals surface area contributed by atoms with Gasteiger partial charge in [0.15, 0.2) is 0 Å². The van der Waals surface area contributed by atoms with Crippen LogP contribution in [0.2, 0.25) is 0 Å². The maximum Gasteiger partial charge on any atom is 0.312 e. The molecular weight excluding hydrogens is 665 g/mol. The maximum atomic E-state index is 14.1. The number of urea groups is 1. The summed E-state index contributed by atoms with van der Waals surface area (Å²) in [4.78, 5) is 69.7. The Hall–Kier alpha value is -5.83. The van der Waals surface area contributed by atoms with Gasteiger partial charge in [0.1, 0.15) is 0 Å². The maximum absolute atomic E-state index is 14.1. The van der Waals surface area contributed by atoms with Crippen molar-refractivity contribution in [2.24, 2.45) is 5.73 Å². The number of nitrogens with zero attached hydrogens (tertiary/aromatic N) is 2. The van der Waals surface area contributed by atoms with Crippen LogP contribution in [0.1, 0.15) is 118 Å². The number of nitrogens with two attached hydrogens (primary N) is 1. The lowest BCUT2D eigenvalue weighted by Crippen LogP contribution is -2.41. The second-order valence-corrected chi connectivity index (χ2v) is 14.4. The largest absolute Gasteiger partial charge is 0.352 e. The molecule has 53 heavy (non-hydrogen) atoms. The Kier molecular flexibility index (Phi) is 9.02. The van der Waals surface area contributed by atoms with E-state index in [0.29, 0.717) is 45.3 Å². The van der Waals surface area contributed by atoms with Gasteiger partial charge in [0.05, 0.1) is 5.69 Å². The highest BCUT2D eigenvalue weighted by molar-refractivity contribution is 6.43. The Labute approximate surface area is 307 Å². The van der Waals surface area contributed by atoms with Crippen molar-refractivity contribution in [3.8, 4) is 0 Å². The van der Waals surface area contributed by atoms with Gasteiger partial charge in [-0.3, -0.25) is 24.1 Å². The van der Waals surface area contributed by atoms with E-state index in [2.05, 4.69) is 12.2 Å². The lowest BCUT2D eigenvalue weighted by molar-refractivity contribution is 0.0607. The normalized spacial score (nSPS) is 14.1. The summed E-state index contributed by atoms with van der Waals surface area (Å²) >= 11 is 0. The topological polar surface area (TPSA) is 130 Å². The molecule has 0 radical (unpaired) electrons. The van der Waals surface area contributed by atoms with E-state index in [1.54, 1.807) is 36.4 Å². The summed E-state index contributed by atoms with van der Waals surface area (Å²) in [5.74, 6) is -1.37. The van der Waals surface area contributed by atoms with E-state index in [1.807, 2.05) is 36.4 Å². The molecule has 0 saturated carbocycles. The quantitative estimate of drug-likeness (QED) is 0.0505. The van der Waals surface area contributed by atoms with E-state index in [4.69, 9.17) is 5.73 Å². The van der Waals surface area contributed by atoms with Crippen LogP contribution >= 0.6 is 0 Å². The first-order valence-electron chi connectivity index (χ1n) is 18.9. The number of anilines is 1. The molecule has 2 aliphatic heterocycles. The highest BCUT2D eigenvalue weighted by Crippen LogP contribution is 2.46. The number of benzene rings is 6. The molecule has 8 rings (SSSR count). The molecule has 3 N–H and O–H groups in total. The number of primary amides is 1. The van der Waals surface area contributed by atoms with Gasteiger partial charge < -0.3 is 11.1 Å². The number of fused-ring (bicyclic) bond motifs is 2. The standard InChI is InChI=1S/C44H42N4O5/c1-2-3-4-5-6-7-8-9-10-11-24-47-40(49)32-20-16-28-30-18-22-34-39-35(23-19-31(37(30)39)29-17-21-33(41(47)50)38(32)36(28)29)43(52)48(42(34)51)27-14-12-26(13-15-27)25-46-44(45)53/h12-23H,2-11,24-25H2,1H3,(H3,45,46,53). The van der Waals surface area contributed by atoms with Gasteiger partial charge >= 0.3 is 6.03 Å². The van der Waals surface area contributed by atoms with Crippen LogP contribution in [0.3, 0.4) is 0 Å². The minimum absolute atomic E-state index is 0.225. The first kappa shape index (κ1) is 34.3. The van der Waals surface area contributed by atoms with Crippen LogP contribution in [0, 0.1) is 0 Å². The van der Waals surface area contributed by atoms with Crippen LogP contribution in [0.5, 0.6) is 0 Å². The van der Waals surface area contributed by atoms with E-state index in [1.165, 1.54) is 54.7 Å². The first-order chi connectivity index (χ1) is 25.8. The minimum atomic E-state index is -0.640. The number of rotatable bonds is 14. The van der Waals surface area contributed by atoms with E-state index in [-0.39, 0.29) is 18.4 Å². The summed E-state index contributed by atoms with van der Waals surface area (Å²) in [6.07, 6.45) is 11.8. The van der Waals surface area contributed by atoms with Gasteiger partial charge in [-0.05, 0) is 80.7 Å². The van der Waals surface area contributed by atoms with Crippen molar-refractivity contribution in [3.63, 3.8) is 0 Å². The van der Waals surface area contributed by atoms with Gasteiger partial charge in [-0.1, -0.05) is 101 Å². The van der Waals surface area contributed by atoms with Gasteiger partial charge in [-0.25, -0.2) is 9.69 Å². The lowest BCUT2D eigenvalue weighted by Gasteiger charge is -2.30. The summed E-state index contributed by atoms with van der Waals surface area (Å²) in [5.41, 5.74) is 8.27. The Balaban J connectivity index is 1.10. The third-order valence-corrected chi connectivity index (χ3v) is 11.1. The highest BCUT2D eigenvalue weighted by Gasteiger charge is 2.37. The SMILES string of the molecule is CCCCCCCCCCCCN1C(=O)c2ccc3c4ccc5c6c(ccc(c7ccc(c2c37)C1=O)c64)C(=O)N(c1ccc(CNC(N)=O)cc1)C5=O. The third-order valence-electron chi connectivity index (χ3n) is 11.1. The molecule has 6 amide bonds. The average molecular weight is 707 g/mol. The van der Waals surface area contributed by atoms with Crippen molar-refractivity contribution in [2.75, 3.05) is 11.4 Å². The van der Waals surface area contributed by atoms with Crippen LogP contribution in [-0.2, 0) is 6.54 Å². The molecule has 9 heteroatoms. The lowest BCUT2D eigenvalue weighted by atomic mass is 9.82. The van der Waals surface area contributed by atoms with Crippen LogP contribution in [0.4, 0.5) is 10.5 Å². The molecule has 2 aliphatic rings. The molecule has 6 aromatic carbocycles. The van der Waals surface area contributed by atoms with E-state index >= 15 is 0 Å². The van der Waals surface area contributed by atoms with Crippen LogP contribution in [0.15, 0.2) is 72.8 Å². The summed E-state index contributed by atoms with van der Waals surface area (Å²) < 4.78 is 0. The number of nitrogens with one attached hydrogen (secondary N) is 1. The van der Waals surface area contributed by atoms with Gasteiger partial charge in [-0.15, -0.1) is 0 Å². The van der Waals surface area contributed by atoms with Crippen molar-refractivity contribution in [1.29, 1.82) is 0 Å². The van der Waals surface area contributed by atoms with Crippen LogP contribution in [-0.4, -0.2) is 41.1 Å². The molecule has 0 atom stereocenters. The molecule has 9 nitrogen and oxygen atoms in total. The zero-order valence-corrected chi connectivity index (χ0v) is 29.9. The van der Waals surface area contributed by atoms with Gasteiger partial charge in [0.2, 0.25) is 0 Å². The smallest absolute Gasteiger partial charge is 0.312 e. The number of unbranched alkanes of at least 4 members (excludes halogenated alkanes) is 9. The molecule has 268 valence electrons. The second-order valence-electron chi connectivity index (χ2n) is 14.4. The van der Waals surface area contributed by atoms with Gasteiger partial charge in [0.25, 0.3) is 23.6 Å². The van der Waals surface area contributed by atoms with Crippen molar-refractivity contribution < 1.29 is 24.0 Å². The van der Waals surface area contributed by atoms with E-state index < -0.39 is 17.8 Å². The van der Waals surface area contributed by atoms with Crippen LogP contribution < -0.4 is 16.0 Å². The first-order valence-corrected chi connectivity index (χ1v) is 18.9.